The van der Waals surface area contributed by atoms with Gasteiger partial charge >= 0.3 is 0 Å². The summed E-state index contributed by atoms with van der Waals surface area (Å²) in [7, 11) is 0. The van der Waals surface area contributed by atoms with E-state index in [0.717, 1.165) is 42.0 Å². The average Bonchev–Trinajstić information content (AvgIpc) is 4.23. The lowest BCUT2D eigenvalue weighted by atomic mass is 9.61. The van der Waals surface area contributed by atoms with Gasteiger partial charge < -0.3 is 9.47 Å². The largest absolute Gasteiger partial charge is 0.316 e. The van der Waals surface area contributed by atoms with E-state index in [4.69, 9.17) is 0 Å². The van der Waals surface area contributed by atoms with Crippen LogP contribution in [0.25, 0.3) is 55.2 Å². The zero-order valence-corrected chi connectivity index (χ0v) is 42.2. The van der Waals surface area contributed by atoms with Gasteiger partial charge in [0.25, 0.3) is 0 Å². The van der Waals surface area contributed by atoms with E-state index in [9.17, 15) is 0 Å². The zero-order valence-electron chi connectivity index (χ0n) is 42.2. The Morgan fingerprint density at radius 3 is 1.72 bits per heavy atom. The molecule has 4 aliphatic carbocycles. The molecule has 11 aromatic rings. The van der Waals surface area contributed by atoms with Gasteiger partial charge in [-0.25, -0.2) is 0 Å². The minimum absolute atomic E-state index is 0.283. The van der Waals surface area contributed by atoms with Crippen LogP contribution in [0.3, 0.4) is 0 Å². The number of aromatic nitrogens is 1. The molecule has 0 bridgehead atoms. The molecule has 15 rings (SSSR count). The molecule has 2 unspecified atom stereocenters. The fourth-order valence-corrected chi connectivity index (χ4v) is 14.1. The van der Waals surface area contributed by atoms with Crippen molar-refractivity contribution in [1.29, 1.82) is 0 Å². The molecule has 1 heterocycles. The maximum absolute atomic E-state index is 2.56. The van der Waals surface area contributed by atoms with Crippen LogP contribution in [0.4, 0.5) is 17.1 Å². The van der Waals surface area contributed by atoms with Crippen molar-refractivity contribution in [3.8, 4) is 27.9 Å². The van der Waals surface area contributed by atoms with E-state index in [1.54, 1.807) is 0 Å². The second kappa shape index (κ2) is 17.7. The molecular weight excluding hydrogens is 917 g/mol. The van der Waals surface area contributed by atoms with Gasteiger partial charge in [-0.2, -0.15) is 0 Å². The molecule has 0 spiro atoms. The number of hydrogen-bond donors (Lipinski definition) is 0. The molecule has 2 nitrogen and oxygen atoms in total. The van der Waals surface area contributed by atoms with Gasteiger partial charge in [0.05, 0.1) is 10.9 Å². The number of nitrogens with zero attached hydrogens (tertiary/aromatic N) is 2. The summed E-state index contributed by atoms with van der Waals surface area (Å²) < 4.78 is 2.40. The highest BCUT2D eigenvalue weighted by Crippen LogP contribution is 2.62. The smallest absolute Gasteiger partial charge is 0.0715 e. The SMILES string of the molecule is C1=CCCC(C2(c3ccccc3)c3cc(N(c4ccc(-c5ccccc5)cc4)c4ccc5c(c4)C(c4ccccc4)(c4ccccc4)c4cc(-n6ccc7ccc8ccccc8c76)ccc4-5)ccc3C3=CC=CCC32)=C1. The molecule has 360 valence electrons. The third-order valence-electron chi connectivity index (χ3n) is 17.3. The van der Waals surface area contributed by atoms with Gasteiger partial charge in [0.1, 0.15) is 0 Å². The van der Waals surface area contributed by atoms with Gasteiger partial charge in [-0.05, 0) is 146 Å². The Morgan fingerprint density at radius 1 is 0.434 bits per heavy atom. The van der Waals surface area contributed by atoms with E-state index in [1.165, 1.54) is 94.0 Å². The third-order valence-corrected chi connectivity index (χ3v) is 17.3. The Kier molecular flexibility index (Phi) is 10.3. The Bertz CT molecular complexity index is 4140. The van der Waals surface area contributed by atoms with E-state index in [1.807, 2.05) is 0 Å². The van der Waals surface area contributed by atoms with Gasteiger partial charge in [0.2, 0.25) is 0 Å². The summed E-state index contributed by atoms with van der Waals surface area (Å²) in [5.74, 6) is 0.283. The molecule has 4 aliphatic rings. The van der Waals surface area contributed by atoms with E-state index in [0.29, 0.717) is 0 Å². The number of anilines is 3. The minimum atomic E-state index is -0.649. The van der Waals surface area contributed by atoms with Gasteiger partial charge in [0, 0.05) is 51.1 Å². The van der Waals surface area contributed by atoms with Crippen LogP contribution in [0.2, 0.25) is 0 Å². The van der Waals surface area contributed by atoms with Crippen molar-refractivity contribution in [2.24, 2.45) is 5.92 Å². The summed E-state index contributed by atoms with van der Waals surface area (Å²) in [6, 6.07) is 91.3. The molecule has 1 aromatic heterocycles. The fraction of sp³-hybridized carbons (Fsp3) is 0.0811. The van der Waals surface area contributed by atoms with Crippen molar-refractivity contribution in [3.05, 3.63) is 330 Å². The van der Waals surface area contributed by atoms with Crippen LogP contribution in [0.15, 0.2) is 291 Å². The highest BCUT2D eigenvalue weighted by atomic mass is 15.1. The Labute approximate surface area is 445 Å². The molecular formula is C74H54N2. The molecule has 0 saturated carbocycles. The summed E-state index contributed by atoms with van der Waals surface area (Å²) in [6.07, 6.45) is 19.4. The van der Waals surface area contributed by atoms with Gasteiger partial charge in [-0.1, -0.05) is 230 Å². The van der Waals surface area contributed by atoms with Crippen molar-refractivity contribution in [2.45, 2.75) is 30.1 Å². The molecule has 76 heavy (non-hydrogen) atoms. The van der Waals surface area contributed by atoms with Crippen molar-refractivity contribution in [1.82, 2.24) is 4.57 Å². The molecule has 0 aliphatic heterocycles. The highest BCUT2D eigenvalue weighted by Gasteiger charge is 2.53. The first-order valence-corrected chi connectivity index (χ1v) is 27.0. The van der Waals surface area contributed by atoms with Crippen molar-refractivity contribution < 1.29 is 0 Å². The Morgan fingerprint density at radius 2 is 1.01 bits per heavy atom. The number of fused-ring (bicyclic) bond motifs is 9. The predicted octanol–water partition coefficient (Wildman–Crippen LogP) is 18.8. The minimum Gasteiger partial charge on any atom is -0.316 e. The van der Waals surface area contributed by atoms with Crippen molar-refractivity contribution in [2.75, 3.05) is 4.90 Å². The van der Waals surface area contributed by atoms with E-state index >= 15 is 0 Å². The van der Waals surface area contributed by atoms with Crippen LogP contribution in [0.1, 0.15) is 58.2 Å². The molecule has 2 heteroatoms. The van der Waals surface area contributed by atoms with Crippen LogP contribution in [0, 0.1) is 5.92 Å². The molecule has 10 aromatic carbocycles. The Balaban J connectivity index is 0.978. The molecule has 0 amide bonds. The maximum Gasteiger partial charge on any atom is 0.0715 e. The normalized spacial score (nSPS) is 17.7. The lowest BCUT2D eigenvalue weighted by Gasteiger charge is -2.41. The number of hydrogen-bond acceptors (Lipinski definition) is 1. The number of allylic oxidation sites excluding steroid dienone is 8. The van der Waals surface area contributed by atoms with E-state index < -0.39 is 5.41 Å². The zero-order chi connectivity index (χ0) is 50.2. The second-order valence-corrected chi connectivity index (χ2v) is 21.0. The number of rotatable bonds is 9. The monoisotopic (exact) mass is 970 g/mol. The van der Waals surface area contributed by atoms with Gasteiger partial charge in [-0.15, -0.1) is 0 Å². The van der Waals surface area contributed by atoms with Crippen LogP contribution in [0.5, 0.6) is 0 Å². The number of benzene rings is 10. The van der Waals surface area contributed by atoms with Crippen molar-refractivity contribution >= 4 is 44.3 Å². The third kappa shape index (κ3) is 6.60. The first-order chi connectivity index (χ1) is 37.7. The summed E-state index contributed by atoms with van der Waals surface area (Å²) >= 11 is 0. The summed E-state index contributed by atoms with van der Waals surface area (Å²) in [5, 5.41) is 3.72. The molecule has 2 atom stereocenters. The van der Waals surface area contributed by atoms with E-state index in [-0.39, 0.29) is 11.3 Å². The van der Waals surface area contributed by atoms with Crippen LogP contribution in [-0.2, 0) is 10.8 Å². The van der Waals surface area contributed by atoms with Crippen molar-refractivity contribution in [3.63, 3.8) is 0 Å². The molecule has 0 saturated heterocycles. The Hall–Kier alpha value is -9.24. The predicted molar refractivity (Wildman–Crippen MR) is 317 cm³/mol. The molecule has 0 radical (unpaired) electrons. The quantitative estimate of drug-likeness (QED) is 0.140. The summed E-state index contributed by atoms with van der Waals surface area (Å²) in [4.78, 5) is 2.53. The first kappa shape index (κ1) is 44.3. The van der Waals surface area contributed by atoms with Gasteiger partial charge in [-0.3, -0.25) is 0 Å². The summed E-state index contributed by atoms with van der Waals surface area (Å²) in [5.41, 5.74) is 21.7. The topological polar surface area (TPSA) is 8.17 Å². The van der Waals surface area contributed by atoms with Crippen LogP contribution >= 0.6 is 0 Å². The van der Waals surface area contributed by atoms with Crippen LogP contribution < -0.4 is 4.90 Å². The lowest BCUT2D eigenvalue weighted by molar-refractivity contribution is 0.460. The standard InChI is InChI=1S/C74H54N2/c1-6-20-51(21-7-1)52-36-38-59(39-37-52)76(61-41-44-65-64-32-18-19-33-68(64)73(70(65)49-61,55-23-8-2-9-24-55)56-25-10-3-11-26-56)62-42-45-67-66-43-40-60(75-47-46-54-35-34-53-22-16-17-31-63(53)72(54)75)48-69(66)74(71(67)50-62,57-27-12-4-13-28-57)58-29-14-5-15-30-58/h1-10,12-25,27-32,34-50,68H,11,26,33H2. The van der Waals surface area contributed by atoms with E-state index in [2.05, 4.69) is 295 Å². The first-order valence-electron chi connectivity index (χ1n) is 27.0. The summed E-state index contributed by atoms with van der Waals surface area (Å²) in [6.45, 7) is 0. The molecule has 0 fully saturated rings. The second-order valence-electron chi connectivity index (χ2n) is 21.0. The van der Waals surface area contributed by atoms with Gasteiger partial charge in [0.15, 0.2) is 0 Å². The highest BCUT2D eigenvalue weighted by molar-refractivity contribution is 6.07. The molecule has 0 N–H and O–H groups in total. The fourth-order valence-electron chi connectivity index (χ4n) is 14.1. The van der Waals surface area contributed by atoms with Crippen LogP contribution in [-0.4, -0.2) is 4.57 Å². The lowest BCUT2D eigenvalue weighted by Crippen LogP contribution is -2.36. The maximum atomic E-state index is 2.56. The average molecular weight is 971 g/mol.